The van der Waals surface area contributed by atoms with Crippen molar-refractivity contribution in [2.45, 2.75) is 19.3 Å². The van der Waals surface area contributed by atoms with Gasteiger partial charge >= 0.3 is 0 Å². The molecule has 2 fully saturated rings. The zero-order valence-corrected chi connectivity index (χ0v) is 11.5. The first kappa shape index (κ1) is 12.9. The number of rotatable bonds is 2. The number of carbonyl (C=O) groups is 1. The third-order valence-electron chi connectivity index (χ3n) is 4.10. The van der Waals surface area contributed by atoms with Gasteiger partial charge in [0.05, 0.1) is 11.5 Å². The maximum Gasteiger partial charge on any atom is 0.229 e. The molecule has 0 spiro atoms. The summed E-state index contributed by atoms with van der Waals surface area (Å²) in [6, 6.07) is 5.67. The molecule has 2 saturated heterocycles. The van der Waals surface area contributed by atoms with Gasteiger partial charge in [-0.05, 0) is 31.4 Å². The molecule has 1 amide bonds. The Morgan fingerprint density at radius 1 is 1.25 bits per heavy atom. The summed E-state index contributed by atoms with van der Waals surface area (Å²) in [5, 5.41) is 8.74. The van der Waals surface area contributed by atoms with E-state index < -0.39 is 0 Å². The molecule has 0 unspecified atom stereocenters. The molecule has 0 radical (unpaired) electrons. The first-order valence-electron chi connectivity index (χ1n) is 7.18. The van der Waals surface area contributed by atoms with Crippen molar-refractivity contribution >= 4 is 11.7 Å². The second-order valence-corrected chi connectivity index (χ2v) is 5.50. The van der Waals surface area contributed by atoms with Crippen molar-refractivity contribution in [2.75, 3.05) is 31.1 Å². The lowest BCUT2D eigenvalue weighted by Gasteiger charge is -2.42. The van der Waals surface area contributed by atoms with Gasteiger partial charge in [0, 0.05) is 32.4 Å². The number of amides is 1. The summed E-state index contributed by atoms with van der Waals surface area (Å²) in [4.78, 5) is 20.7. The molecule has 2 aliphatic heterocycles. The highest BCUT2D eigenvalue weighted by atomic mass is 16.2. The van der Waals surface area contributed by atoms with E-state index in [4.69, 9.17) is 5.26 Å². The highest BCUT2D eigenvalue weighted by molar-refractivity contribution is 5.82. The Balaban J connectivity index is 1.55. The molecule has 0 atom stereocenters. The van der Waals surface area contributed by atoms with Crippen LogP contribution in [-0.2, 0) is 4.79 Å². The van der Waals surface area contributed by atoms with Crippen LogP contribution in [0.25, 0.3) is 0 Å². The molecular weight excluding hydrogens is 252 g/mol. The Hall–Kier alpha value is -2.09. The molecule has 5 heteroatoms. The first-order chi connectivity index (χ1) is 9.78. The zero-order valence-electron chi connectivity index (χ0n) is 11.5. The zero-order chi connectivity index (χ0) is 13.9. The quantitative estimate of drug-likeness (QED) is 0.815. The van der Waals surface area contributed by atoms with Crippen molar-refractivity contribution in [1.82, 2.24) is 9.88 Å². The molecular formula is C15H18N4O. The fourth-order valence-electron chi connectivity index (χ4n) is 2.83. The van der Waals surface area contributed by atoms with Gasteiger partial charge in [-0.15, -0.1) is 0 Å². The van der Waals surface area contributed by atoms with Gasteiger partial charge in [0.1, 0.15) is 11.9 Å². The van der Waals surface area contributed by atoms with Crippen LogP contribution in [0, 0.1) is 17.2 Å². The second kappa shape index (κ2) is 5.49. The molecule has 1 aromatic heterocycles. The highest BCUT2D eigenvalue weighted by Gasteiger charge is 2.36. The maximum atomic E-state index is 12.3. The Bertz CT molecular complexity index is 522. The minimum atomic E-state index is 0.116. The summed E-state index contributed by atoms with van der Waals surface area (Å²) >= 11 is 0. The molecule has 2 aliphatic rings. The summed E-state index contributed by atoms with van der Waals surface area (Å²) < 4.78 is 0. The van der Waals surface area contributed by atoms with Crippen LogP contribution in [0.5, 0.6) is 0 Å². The molecule has 104 valence electrons. The SMILES string of the molecule is N#Cc1ccc(N2CC(C(=O)N3CCCCC3)C2)nc1. The molecule has 0 aliphatic carbocycles. The molecule has 3 rings (SSSR count). The van der Waals surface area contributed by atoms with Gasteiger partial charge in [-0.1, -0.05) is 0 Å². The molecule has 0 saturated carbocycles. The molecule has 0 N–H and O–H groups in total. The van der Waals surface area contributed by atoms with Gasteiger partial charge in [-0.3, -0.25) is 4.79 Å². The number of pyridine rings is 1. The van der Waals surface area contributed by atoms with E-state index in [-0.39, 0.29) is 5.92 Å². The van der Waals surface area contributed by atoms with E-state index in [0.717, 1.165) is 44.8 Å². The van der Waals surface area contributed by atoms with E-state index in [1.165, 1.54) is 6.42 Å². The fraction of sp³-hybridized carbons (Fsp3) is 0.533. The maximum absolute atomic E-state index is 12.3. The number of nitrogens with zero attached hydrogens (tertiary/aromatic N) is 4. The predicted molar refractivity (Wildman–Crippen MR) is 75.1 cm³/mol. The predicted octanol–water partition coefficient (Wildman–Crippen LogP) is 1.40. The number of carbonyl (C=O) groups excluding carboxylic acids is 1. The smallest absolute Gasteiger partial charge is 0.229 e. The van der Waals surface area contributed by atoms with Crippen molar-refractivity contribution in [3.63, 3.8) is 0 Å². The van der Waals surface area contributed by atoms with E-state index in [9.17, 15) is 4.79 Å². The van der Waals surface area contributed by atoms with Crippen molar-refractivity contribution in [1.29, 1.82) is 5.26 Å². The summed E-state index contributed by atoms with van der Waals surface area (Å²) in [7, 11) is 0. The van der Waals surface area contributed by atoms with Crippen LogP contribution in [0.1, 0.15) is 24.8 Å². The average molecular weight is 270 g/mol. The number of likely N-dealkylation sites (tertiary alicyclic amines) is 1. The van der Waals surface area contributed by atoms with E-state index in [0.29, 0.717) is 11.5 Å². The molecule has 0 aromatic carbocycles. The van der Waals surface area contributed by atoms with E-state index in [1.54, 1.807) is 12.3 Å². The number of hydrogen-bond donors (Lipinski definition) is 0. The minimum Gasteiger partial charge on any atom is -0.355 e. The number of anilines is 1. The number of aromatic nitrogens is 1. The lowest BCUT2D eigenvalue weighted by Crippen LogP contribution is -2.55. The van der Waals surface area contributed by atoms with Gasteiger partial charge in [-0.2, -0.15) is 5.26 Å². The van der Waals surface area contributed by atoms with Crippen LogP contribution >= 0.6 is 0 Å². The Morgan fingerprint density at radius 2 is 2.00 bits per heavy atom. The lowest BCUT2D eigenvalue weighted by molar-refractivity contribution is -0.137. The van der Waals surface area contributed by atoms with Gasteiger partial charge in [-0.25, -0.2) is 4.98 Å². The number of nitriles is 1. The van der Waals surface area contributed by atoms with Gasteiger partial charge in [0.2, 0.25) is 5.91 Å². The first-order valence-corrected chi connectivity index (χ1v) is 7.18. The Morgan fingerprint density at radius 3 is 2.60 bits per heavy atom. The Labute approximate surface area is 118 Å². The average Bonchev–Trinajstić information content (AvgIpc) is 2.47. The number of piperidine rings is 1. The van der Waals surface area contributed by atoms with E-state index >= 15 is 0 Å². The van der Waals surface area contributed by atoms with Crippen LogP contribution in [0.15, 0.2) is 18.3 Å². The van der Waals surface area contributed by atoms with Crippen LogP contribution in [-0.4, -0.2) is 42.0 Å². The summed E-state index contributed by atoms with van der Waals surface area (Å²) in [6.45, 7) is 3.33. The lowest BCUT2D eigenvalue weighted by atomic mass is 9.97. The third kappa shape index (κ3) is 2.46. The third-order valence-corrected chi connectivity index (χ3v) is 4.10. The summed E-state index contributed by atoms with van der Waals surface area (Å²) in [5.74, 6) is 1.27. The minimum absolute atomic E-state index is 0.116. The fourth-order valence-corrected chi connectivity index (χ4v) is 2.83. The monoisotopic (exact) mass is 270 g/mol. The molecule has 1 aromatic rings. The van der Waals surface area contributed by atoms with Crippen LogP contribution in [0.3, 0.4) is 0 Å². The topological polar surface area (TPSA) is 60.2 Å². The van der Waals surface area contributed by atoms with E-state index in [1.807, 2.05) is 11.0 Å². The standard InChI is InChI=1S/C15H18N4O/c16-8-12-4-5-14(17-9-12)19-10-13(11-19)15(20)18-6-2-1-3-7-18/h4-5,9,13H,1-3,6-7,10-11H2. The van der Waals surface area contributed by atoms with Crippen molar-refractivity contribution in [2.24, 2.45) is 5.92 Å². The summed E-state index contributed by atoms with van der Waals surface area (Å²) in [5.41, 5.74) is 0.565. The normalized spacial score (nSPS) is 19.4. The van der Waals surface area contributed by atoms with E-state index in [2.05, 4.69) is 16.0 Å². The van der Waals surface area contributed by atoms with Crippen molar-refractivity contribution in [3.05, 3.63) is 23.9 Å². The number of hydrogen-bond acceptors (Lipinski definition) is 4. The van der Waals surface area contributed by atoms with Crippen LogP contribution in [0.2, 0.25) is 0 Å². The van der Waals surface area contributed by atoms with Gasteiger partial charge < -0.3 is 9.80 Å². The summed E-state index contributed by atoms with van der Waals surface area (Å²) in [6.07, 6.45) is 5.10. The van der Waals surface area contributed by atoms with Crippen molar-refractivity contribution < 1.29 is 4.79 Å². The van der Waals surface area contributed by atoms with Crippen LogP contribution < -0.4 is 4.90 Å². The van der Waals surface area contributed by atoms with Crippen LogP contribution in [0.4, 0.5) is 5.82 Å². The Kier molecular flexibility index (Phi) is 3.55. The molecule has 3 heterocycles. The second-order valence-electron chi connectivity index (χ2n) is 5.50. The molecule has 0 bridgehead atoms. The molecule has 5 nitrogen and oxygen atoms in total. The van der Waals surface area contributed by atoms with Gasteiger partial charge in [0.15, 0.2) is 0 Å². The molecule has 20 heavy (non-hydrogen) atoms. The largest absolute Gasteiger partial charge is 0.355 e. The van der Waals surface area contributed by atoms with Gasteiger partial charge in [0.25, 0.3) is 0 Å². The highest BCUT2D eigenvalue weighted by Crippen LogP contribution is 2.25. The van der Waals surface area contributed by atoms with Crippen molar-refractivity contribution in [3.8, 4) is 6.07 Å².